The molecule has 1 saturated carbocycles. The molecule has 5 rings (SSSR count). The van der Waals surface area contributed by atoms with Gasteiger partial charge in [0.25, 0.3) is 0 Å². The van der Waals surface area contributed by atoms with Gasteiger partial charge in [-0.15, -0.1) is 11.8 Å². The number of esters is 1. The Balaban J connectivity index is 0.000000264. The zero-order chi connectivity index (χ0) is 46.0. The van der Waals surface area contributed by atoms with E-state index in [1.165, 1.54) is 17.9 Å². The lowest BCUT2D eigenvalue weighted by molar-refractivity contribution is -0.137. The van der Waals surface area contributed by atoms with Crippen molar-refractivity contribution in [2.45, 2.75) is 76.0 Å². The van der Waals surface area contributed by atoms with Crippen LogP contribution in [0.1, 0.15) is 75.8 Å². The molecular formula is C52H71N3O8S. The Morgan fingerprint density at radius 1 is 0.828 bits per heavy atom. The lowest BCUT2D eigenvalue weighted by atomic mass is 9.83. The Hall–Kier alpha value is -5.14. The zero-order valence-corrected chi connectivity index (χ0v) is 39.1. The number of aldehydes is 1. The van der Waals surface area contributed by atoms with Crippen LogP contribution in [0.25, 0.3) is 11.1 Å². The molecule has 0 bridgehead atoms. The number of aryl methyl sites for hydroxylation is 1. The van der Waals surface area contributed by atoms with Gasteiger partial charge in [-0.05, 0) is 129 Å². The second-order valence-corrected chi connectivity index (χ2v) is 16.3. The minimum atomic E-state index is -0.354. The van der Waals surface area contributed by atoms with Crippen molar-refractivity contribution in [2.24, 2.45) is 11.8 Å². The number of rotatable bonds is 27. The summed E-state index contributed by atoms with van der Waals surface area (Å²) in [5, 5.41) is 11.1. The quantitative estimate of drug-likeness (QED) is 0.00767. The van der Waals surface area contributed by atoms with Gasteiger partial charge >= 0.3 is 5.97 Å². The van der Waals surface area contributed by atoms with E-state index in [2.05, 4.69) is 43.1 Å². The van der Waals surface area contributed by atoms with E-state index in [1.54, 1.807) is 26.0 Å². The predicted molar refractivity (Wildman–Crippen MR) is 261 cm³/mol. The fourth-order valence-electron chi connectivity index (χ4n) is 6.71. The topological polar surface area (TPSA) is 151 Å². The first-order chi connectivity index (χ1) is 31.3. The van der Waals surface area contributed by atoms with Crippen molar-refractivity contribution in [3.63, 3.8) is 0 Å². The molecule has 1 aliphatic rings. The fraction of sp³-hybridized carbons (Fsp3) is 0.442. The molecule has 0 saturated heterocycles. The van der Waals surface area contributed by atoms with Gasteiger partial charge in [0, 0.05) is 53.9 Å². The number of ether oxygens (including phenoxy) is 6. The van der Waals surface area contributed by atoms with Crippen LogP contribution < -0.4 is 25.3 Å². The van der Waals surface area contributed by atoms with E-state index in [0.29, 0.717) is 45.6 Å². The molecule has 348 valence electrons. The van der Waals surface area contributed by atoms with Crippen LogP contribution in [0, 0.1) is 17.2 Å². The van der Waals surface area contributed by atoms with Gasteiger partial charge in [-0.25, -0.2) is 4.79 Å². The van der Waals surface area contributed by atoms with Crippen molar-refractivity contribution >= 4 is 35.9 Å². The van der Waals surface area contributed by atoms with Crippen molar-refractivity contribution in [1.82, 2.24) is 5.32 Å². The molecule has 4 aromatic rings. The summed E-state index contributed by atoms with van der Waals surface area (Å²) in [4.78, 5) is 22.8. The summed E-state index contributed by atoms with van der Waals surface area (Å²) in [6, 6.07) is 30.0. The standard InChI is InChI=1S/C24H29NO2.C16H22O4.C12H20N2O2S/c1-2-3-18-8-10-21(11-9-18)24-13-12-23(14-22(24)15-25)27-17-20-6-4-19(16-26)5-7-20;1-3-16(17)20-13-7-5-4-6-12-19-15-10-8-14(18-2)9-11-15;1-15-8-9-16-7-6-14-10-17-12-5-3-2-4-11(12)13/h8-16,19-20,25H,2-7,17H2,1H3;3,8-11H,1,4-7,12-13H2,2H3;2-5,14H,6-10,13H2,1H3. The van der Waals surface area contributed by atoms with Crippen LogP contribution in [0.4, 0.5) is 5.69 Å². The summed E-state index contributed by atoms with van der Waals surface area (Å²) < 4.78 is 31.8. The average molecular weight is 898 g/mol. The van der Waals surface area contributed by atoms with Crippen LogP contribution in [0.2, 0.25) is 0 Å². The van der Waals surface area contributed by atoms with Gasteiger partial charge in [-0.2, -0.15) is 0 Å². The highest BCUT2D eigenvalue weighted by atomic mass is 32.2. The second kappa shape index (κ2) is 33.4. The molecule has 0 aliphatic heterocycles. The first kappa shape index (κ1) is 53.2. The van der Waals surface area contributed by atoms with Crippen molar-refractivity contribution in [1.29, 1.82) is 5.41 Å². The molecule has 64 heavy (non-hydrogen) atoms. The Morgan fingerprint density at radius 3 is 2.19 bits per heavy atom. The van der Waals surface area contributed by atoms with Crippen molar-refractivity contribution < 1.29 is 38.0 Å². The minimum Gasteiger partial charge on any atom is -0.497 e. The third kappa shape index (κ3) is 22.0. The van der Waals surface area contributed by atoms with E-state index in [0.717, 1.165) is 127 Å². The molecule has 12 heteroatoms. The van der Waals surface area contributed by atoms with Crippen molar-refractivity contribution in [2.75, 3.05) is 72.0 Å². The van der Waals surface area contributed by atoms with Gasteiger partial charge in [-0.1, -0.05) is 62.4 Å². The number of methoxy groups -OCH3 is 2. The van der Waals surface area contributed by atoms with Crippen LogP contribution in [-0.4, -0.2) is 84.8 Å². The van der Waals surface area contributed by atoms with Gasteiger partial charge in [0.2, 0.25) is 0 Å². The van der Waals surface area contributed by atoms with Crippen LogP contribution >= 0.6 is 11.8 Å². The first-order valence-corrected chi connectivity index (χ1v) is 23.4. The number of carbonyl (C=O) groups is 2. The summed E-state index contributed by atoms with van der Waals surface area (Å²) in [6.07, 6.45) is 14.0. The van der Waals surface area contributed by atoms with Gasteiger partial charge in [0.1, 0.15) is 23.5 Å². The Morgan fingerprint density at radius 2 is 1.53 bits per heavy atom. The minimum absolute atomic E-state index is 0.244. The summed E-state index contributed by atoms with van der Waals surface area (Å²) in [7, 11) is 3.31. The normalized spacial score (nSPS) is 14.1. The number of nitrogen functional groups attached to an aromatic ring is 1. The second-order valence-electron chi connectivity index (χ2n) is 15.3. The van der Waals surface area contributed by atoms with E-state index in [9.17, 15) is 9.59 Å². The number of nitrogens with one attached hydrogen (secondary N) is 2. The number of thioether (sulfide) groups is 1. The van der Waals surface area contributed by atoms with E-state index < -0.39 is 0 Å². The van der Waals surface area contributed by atoms with Gasteiger partial charge in [0.05, 0.1) is 46.8 Å². The average Bonchev–Trinajstić information content (AvgIpc) is 3.34. The number of para-hydroxylation sites is 1. The van der Waals surface area contributed by atoms with E-state index in [-0.39, 0.29) is 11.9 Å². The van der Waals surface area contributed by atoms with Crippen molar-refractivity contribution in [3.05, 3.63) is 115 Å². The van der Waals surface area contributed by atoms with Gasteiger partial charge < -0.3 is 49.7 Å². The molecule has 0 spiro atoms. The van der Waals surface area contributed by atoms with Crippen LogP contribution in [0.3, 0.4) is 0 Å². The number of hydrogen-bond donors (Lipinski definition) is 3. The Kier molecular flexibility index (Phi) is 27.7. The summed E-state index contributed by atoms with van der Waals surface area (Å²) in [5.74, 6) is 3.74. The molecule has 0 unspecified atom stereocenters. The maximum atomic E-state index is 10.9. The Labute approximate surface area is 386 Å². The van der Waals surface area contributed by atoms with E-state index in [1.807, 2.05) is 66.7 Å². The molecule has 1 fully saturated rings. The SMILES string of the molecule is C=CC(=O)OCCCCCCOc1ccc(OC)cc1.CCCc1ccc(-c2ccc(OCC3CCC(C=O)CC3)cc2C=N)cc1.COCCOCCNCSc1ccccc1N. The third-order valence-corrected chi connectivity index (χ3v) is 11.5. The first-order valence-electron chi connectivity index (χ1n) is 22.5. The molecule has 0 heterocycles. The highest BCUT2D eigenvalue weighted by Gasteiger charge is 2.21. The molecule has 0 amide bonds. The lowest BCUT2D eigenvalue weighted by Crippen LogP contribution is -2.20. The number of carbonyl (C=O) groups excluding carboxylic acids is 2. The zero-order valence-electron chi connectivity index (χ0n) is 38.2. The van der Waals surface area contributed by atoms with Crippen LogP contribution in [0.15, 0.2) is 109 Å². The molecule has 1 aliphatic carbocycles. The number of anilines is 1. The van der Waals surface area contributed by atoms with Crippen LogP contribution in [0.5, 0.6) is 17.2 Å². The third-order valence-electron chi connectivity index (χ3n) is 10.4. The molecule has 0 radical (unpaired) electrons. The molecule has 4 N–H and O–H groups in total. The number of hydrogen-bond acceptors (Lipinski definition) is 12. The largest absolute Gasteiger partial charge is 0.497 e. The molecule has 4 aromatic carbocycles. The van der Waals surface area contributed by atoms with Crippen LogP contribution in [-0.2, 0) is 30.2 Å². The highest BCUT2D eigenvalue weighted by Crippen LogP contribution is 2.30. The van der Waals surface area contributed by atoms with Gasteiger partial charge in [0.15, 0.2) is 0 Å². The number of nitrogens with two attached hydrogens (primary N) is 1. The van der Waals surface area contributed by atoms with E-state index in [4.69, 9.17) is 39.6 Å². The number of benzene rings is 4. The Bertz CT molecular complexity index is 1880. The smallest absolute Gasteiger partial charge is 0.330 e. The lowest BCUT2D eigenvalue weighted by Gasteiger charge is -2.25. The van der Waals surface area contributed by atoms with E-state index >= 15 is 0 Å². The summed E-state index contributed by atoms with van der Waals surface area (Å²) in [6.45, 7) is 10.2. The maximum absolute atomic E-state index is 10.9. The summed E-state index contributed by atoms with van der Waals surface area (Å²) >= 11 is 1.70. The van der Waals surface area contributed by atoms with Gasteiger partial charge in [-0.3, -0.25) is 0 Å². The predicted octanol–water partition coefficient (Wildman–Crippen LogP) is 10.6. The fourth-order valence-corrected chi connectivity index (χ4v) is 7.52. The monoisotopic (exact) mass is 897 g/mol. The molecule has 0 atom stereocenters. The van der Waals surface area contributed by atoms with Crippen molar-refractivity contribution in [3.8, 4) is 28.4 Å². The molecule has 11 nitrogen and oxygen atoms in total. The number of unbranched alkanes of at least 4 members (excludes halogenated alkanes) is 3. The maximum Gasteiger partial charge on any atom is 0.330 e. The highest BCUT2D eigenvalue weighted by molar-refractivity contribution is 7.99. The molecule has 0 aromatic heterocycles. The summed E-state index contributed by atoms with van der Waals surface area (Å²) in [5.41, 5.74) is 11.1. The molecular weight excluding hydrogens is 827 g/mol.